The standard InChI is InChI=1S/C23H47O6P/c1-5-6-10-25-11-7-9-22(4)30-19-8-12-26-13-14-27-15-16-28-17-18-29-20-23(24)21(2)3/h21-22,30H,5-20H2,1-4H3. The average Bonchev–Trinajstić information content (AvgIpc) is 2.73. The van der Waals surface area contributed by atoms with Gasteiger partial charge in [-0.2, -0.15) is 0 Å². The van der Waals surface area contributed by atoms with Crippen LogP contribution >= 0.6 is 8.58 Å². The van der Waals surface area contributed by atoms with Crippen molar-refractivity contribution in [3.8, 4) is 0 Å². The van der Waals surface area contributed by atoms with Gasteiger partial charge in [0.1, 0.15) is 6.61 Å². The topological polar surface area (TPSA) is 63.2 Å². The van der Waals surface area contributed by atoms with Gasteiger partial charge in [0, 0.05) is 25.7 Å². The van der Waals surface area contributed by atoms with Crippen LogP contribution < -0.4 is 0 Å². The highest BCUT2D eigenvalue weighted by Gasteiger charge is 2.06. The van der Waals surface area contributed by atoms with Crippen molar-refractivity contribution in [1.29, 1.82) is 0 Å². The van der Waals surface area contributed by atoms with E-state index in [0.29, 0.717) is 39.6 Å². The fraction of sp³-hybridized carbons (Fsp3) is 0.957. The molecule has 180 valence electrons. The van der Waals surface area contributed by atoms with Crippen LogP contribution in [-0.2, 0) is 28.5 Å². The molecule has 0 bridgehead atoms. The van der Waals surface area contributed by atoms with Crippen LogP contribution in [0.1, 0.15) is 59.8 Å². The Balaban J connectivity index is 3.16. The molecule has 2 atom stereocenters. The minimum absolute atomic E-state index is 0.0240. The molecular formula is C23H47O6P. The van der Waals surface area contributed by atoms with Crippen molar-refractivity contribution in [2.45, 2.75) is 65.5 Å². The Kier molecular flexibility index (Phi) is 23.5. The zero-order valence-electron chi connectivity index (χ0n) is 19.9. The van der Waals surface area contributed by atoms with Crippen molar-refractivity contribution in [1.82, 2.24) is 0 Å². The van der Waals surface area contributed by atoms with Gasteiger partial charge in [-0.25, -0.2) is 0 Å². The average molecular weight is 451 g/mol. The quantitative estimate of drug-likeness (QED) is 0.161. The van der Waals surface area contributed by atoms with Crippen molar-refractivity contribution >= 4 is 14.4 Å². The molecule has 0 aliphatic heterocycles. The first kappa shape index (κ1) is 29.9. The van der Waals surface area contributed by atoms with Gasteiger partial charge >= 0.3 is 0 Å². The van der Waals surface area contributed by atoms with Gasteiger partial charge in [-0.15, -0.1) is 8.58 Å². The largest absolute Gasteiger partial charge is 0.381 e. The van der Waals surface area contributed by atoms with Gasteiger partial charge in [0.2, 0.25) is 0 Å². The Labute approximate surface area is 186 Å². The molecule has 0 aliphatic carbocycles. The van der Waals surface area contributed by atoms with Crippen LogP contribution in [0.4, 0.5) is 0 Å². The van der Waals surface area contributed by atoms with Gasteiger partial charge in [-0.3, -0.25) is 4.79 Å². The lowest BCUT2D eigenvalue weighted by Crippen LogP contribution is -2.17. The molecule has 0 fully saturated rings. The van der Waals surface area contributed by atoms with Crippen LogP contribution in [0.2, 0.25) is 0 Å². The van der Waals surface area contributed by atoms with Gasteiger partial charge in [-0.05, 0) is 37.5 Å². The molecule has 2 unspecified atom stereocenters. The zero-order valence-corrected chi connectivity index (χ0v) is 20.9. The van der Waals surface area contributed by atoms with E-state index in [1.54, 1.807) is 0 Å². The predicted octanol–water partition coefficient (Wildman–Crippen LogP) is 4.33. The maximum Gasteiger partial charge on any atom is 0.160 e. The minimum atomic E-state index is 0.0240. The third-order valence-corrected chi connectivity index (χ3v) is 6.16. The third-order valence-electron chi connectivity index (χ3n) is 4.53. The summed E-state index contributed by atoms with van der Waals surface area (Å²) < 4.78 is 27.4. The maximum atomic E-state index is 11.4. The van der Waals surface area contributed by atoms with E-state index in [-0.39, 0.29) is 18.3 Å². The molecule has 30 heavy (non-hydrogen) atoms. The lowest BCUT2D eigenvalue weighted by atomic mass is 10.1. The fourth-order valence-electron chi connectivity index (χ4n) is 2.46. The van der Waals surface area contributed by atoms with Gasteiger partial charge in [0.15, 0.2) is 5.78 Å². The molecule has 0 radical (unpaired) electrons. The summed E-state index contributed by atoms with van der Waals surface area (Å²) in [4.78, 5) is 11.4. The van der Waals surface area contributed by atoms with E-state index in [1.165, 1.54) is 31.8 Å². The van der Waals surface area contributed by atoms with Crippen LogP contribution in [0.25, 0.3) is 0 Å². The summed E-state index contributed by atoms with van der Waals surface area (Å²) in [5, 5.41) is 0. The summed E-state index contributed by atoms with van der Waals surface area (Å²) in [6, 6.07) is 0. The van der Waals surface area contributed by atoms with Gasteiger partial charge in [-0.1, -0.05) is 34.1 Å². The SMILES string of the molecule is CCCCOCCCC(C)PCCCOCCOCCOCCOCC(=O)C(C)C. The number of carbonyl (C=O) groups is 1. The van der Waals surface area contributed by atoms with E-state index in [9.17, 15) is 4.79 Å². The van der Waals surface area contributed by atoms with Crippen molar-refractivity contribution in [3.63, 3.8) is 0 Å². The molecule has 0 aliphatic rings. The Morgan fingerprint density at radius 2 is 1.20 bits per heavy atom. The normalized spacial score (nSPS) is 13.0. The molecule has 0 spiro atoms. The van der Waals surface area contributed by atoms with E-state index in [1.807, 2.05) is 13.8 Å². The van der Waals surface area contributed by atoms with Gasteiger partial charge in [0.25, 0.3) is 0 Å². The van der Waals surface area contributed by atoms with Crippen molar-refractivity contribution in [2.24, 2.45) is 5.92 Å². The molecule has 0 aromatic carbocycles. The Morgan fingerprint density at radius 3 is 1.80 bits per heavy atom. The highest BCUT2D eigenvalue weighted by Crippen LogP contribution is 2.23. The van der Waals surface area contributed by atoms with E-state index in [4.69, 9.17) is 23.7 Å². The second-order valence-electron chi connectivity index (χ2n) is 7.83. The van der Waals surface area contributed by atoms with Crippen LogP contribution in [0.5, 0.6) is 0 Å². The number of Topliss-reactive ketones (excluding diaryl/α,β-unsaturated/α-hetero) is 1. The highest BCUT2D eigenvalue weighted by molar-refractivity contribution is 7.38. The summed E-state index contributed by atoms with van der Waals surface area (Å²) in [6.45, 7) is 14.3. The van der Waals surface area contributed by atoms with Gasteiger partial charge in [0.05, 0.1) is 39.6 Å². The molecule has 0 saturated carbocycles. The molecule has 0 amide bonds. The Morgan fingerprint density at radius 1 is 0.700 bits per heavy atom. The first-order valence-electron chi connectivity index (χ1n) is 11.7. The number of ketones is 1. The summed E-state index contributed by atoms with van der Waals surface area (Å²) in [5.74, 6) is 0.146. The van der Waals surface area contributed by atoms with Crippen LogP contribution in [0, 0.1) is 5.92 Å². The van der Waals surface area contributed by atoms with E-state index < -0.39 is 0 Å². The first-order valence-corrected chi connectivity index (χ1v) is 13.0. The summed E-state index contributed by atoms with van der Waals surface area (Å²) in [6.07, 6.45) is 7.20. The number of hydrogen-bond donors (Lipinski definition) is 0. The molecule has 0 saturated heterocycles. The first-order chi connectivity index (χ1) is 14.6. The number of unbranched alkanes of at least 4 members (excludes halogenated alkanes) is 1. The van der Waals surface area contributed by atoms with Crippen LogP contribution in [-0.4, -0.2) is 83.7 Å². The summed E-state index contributed by atoms with van der Waals surface area (Å²) >= 11 is 0. The highest BCUT2D eigenvalue weighted by atomic mass is 31.1. The van der Waals surface area contributed by atoms with E-state index >= 15 is 0 Å². The number of ether oxygens (including phenoxy) is 5. The third kappa shape index (κ3) is 22.6. The van der Waals surface area contributed by atoms with Crippen LogP contribution in [0.15, 0.2) is 0 Å². The second-order valence-corrected chi connectivity index (χ2v) is 9.72. The number of rotatable bonds is 24. The lowest BCUT2D eigenvalue weighted by Gasteiger charge is -2.12. The van der Waals surface area contributed by atoms with Gasteiger partial charge < -0.3 is 23.7 Å². The number of carbonyl (C=O) groups excluding carboxylic acids is 1. The molecule has 0 aromatic heterocycles. The van der Waals surface area contributed by atoms with Crippen molar-refractivity contribution in [2.75, 3.05) is 72.2 Å². The molecule has 0 aromatic rings. The molecule has 0 heterocycles. The maximum absolute atomic E-state index is 11.4. The second kappa shape index (κ2) is 23.6. The molecule has 0 rings (SSSR count). The molecular weight excluding hydrogens is 403 g/mol. The smallest absolute Gasteiger partial charge is 0.160 e. The monoisotopic (exact) mass is 450 g/mol. The van der Waals surface area contributed by atoms with E-state index in [0.717, 1.165) is 40.5 Å². The lowest BCUT2D eigenvalue weighted by molar-refractivity contribution is -0.127. The molecule has 0 N–H and O–H groups in total. The molecule has 7 heteroatoms. The summed E-state index contributed by atoms with van der Waals surface area (Å²) in [7, 11) is 1.01. The fourth-order valence-corrected chi connectivity index (χ4v) is 3.71. The zero-order chi connectivity index (χ0) is 22.3. The predicted molar refractivity (Wildman–Crippen MR) is 125 cm³/mol. The minimum Gasteiger partial charge on any atom is -0.381 e. The van der Waals surface area contributed by atoms with Crippen molar-refractivity contribution in [3.05, 3.63) is 0 Å². The Bertz CT molecular complexity index is 368. The van der Waals surface area contributed by atoms with E-state index in [2.05, 4.69) is 13.8 Å². The van der Waals surface area contributed by atoms with Crippen LogP contribution in [0.3, 0.4) is 0 Å². The Hall–Kier alpha value is -0.1000. The summed E-state index contributed by atoms with van der Waals surface area (Å²) in [5.41, 5.74) is 0.796. The molecule has 6 nitrogen and oxygen atoms in total. The van der Waals surface area contributed by atoms with Crippen molar-refractivity contribution < 1.29 is 28.5 Å². The number of hydrogen-bond acceptors (Lipinski definition) is 6.